The molecule has 8 nitrogen and oxygen atoms in total. The Morgan fingerprint density at radius 1 is 1.31 bits per heavy atom. The molecule has 160 valence electrons. The molecule has 1 aromatic rings. The number of nitrogens with one attached hydrogen (secondary N) is 2. The Bertz CT molecular complexity index is 691. The Morgan fingerprint density at radius 2 is 2.14 bits per heavy atom. The first-order valence-corrected chi connectivity index (χ1v) is 10.5. The number of nitrogens with zero attached hydrogens (tertiary/aromatic N) is 3. The molecule has 1 saturated carbocycles. The molecule has 1 unspecified atom stereocenters. The van der Waals surface area contributed by atoms with Gasteiger partial charge in [-0.15, -0.1) is 0 Å². The monoisotopic (exact) mass is 403 g/mol. The van der Waals surface area contributed by atoms with E-state index in [-0.39, 0.29) is 12.0 Å². The quantitative estimate of drug-likeness (QED) is 0.389. The molecule has 3 rings (SSSR count). The second-order valence-corrected chi connectivity index (χ2v) is 7.63. The van der Waals surface area contributed by atoms with Gasteiger partial charge in [0.2, 0.25) is 11.8 Å². The smallest absolute Gasteiger partial charge is 0.225 e. The van der Waals surface area contributed by atoms with Gasteiger partial charge in [-0.05, 0) is 25.3 Å². The van der Waals surface area contributed by atoms with Crippen molar-refractivity contribution in [3.05, 3.63) is 23.9 Å². The molecule has 1 aromatic heterocycles. The zero-order chi connectivity index (χ0) is 20.5. The number of carbonyl (C=O) groups excluding carboxylic acids is 1. The zero-order valence-corrected chi connectivity index (χ0v) is 17.5. The van der Waals surface area contributed by atoms with Crippen molar-refractivity contribution in [2.45, 2.75) is 44.7 Å². The van der Waals surface area contributed by atoms with Crippen LogP contribution in [0.1, 0.15) is 37.7 Å². The third-order valence-corrected chi connectivity index (χ3v) is 5.59. The van der Waals surface area contributed by atoms with Gasteiger partial charge in [0.15, 0.2) is 5.96 Å². The third-order valence-electron chi connectivity index (χ3n) is 5.59. The summed E-state index contributed by atoms with van der Waals surface area (Å²) in [7, 11) is 3.40. The number of rotatable bonds is 8. The van der Waals surface area contributed by atoms with Crippen molar-refractivity contribution in [1.82, 2.24) is 20.5 Å². The van der Waals surface area contributed by atoms with E-state index >= 15 is 0 Å². The minimum absolute atomic E-state index is 0.220. The van der Waals surface area contributed by atoms with Crippen LogP contribution in [-0.4, -0.2) is 68.3 Å². The lowest BCUT2D eigenvalue weighted by molar-refractivity contribution is -0.134. The van der Waals surface area contributed by atoms with Gasteiger partial charge in [-0.25, -0.2) is 4.98 Å². The first-order chi connectivity index (χ1) is 14.2. The van der Waals surface area contributed by atoms with E-state index in [2.05, 4.69) is 20.6 Å². The van der Waals surface area contributed by atoms with E-state index in [4.69, 9.17) is 9.47 Å². The molecule has 29 heavy (non-hydrogen) atoms. The summed E-state index contributed by atoms with van der Waals surface area (Å²) >= 11 is 0. The Balaban J connectivity index is 1.47. The van der Waals surface area contributed by atoms with Crippen LogP contribution in [0.4, 0.5) is 0 Å². The summed E-state index contributed by atoms with van der Waals surface area (Å²) in [6, 6.07) is 4.09. The van der Waals surface area contributed by atoms with Crippen molar-refractivity contribution < 1.29 is 14.3 Å². The molecule has 1 amide bonds. The molecule has 0 aromatic carbocycles. The average Bonchev–Trinajstić information content (AvgIpc) is 3.44. The first-order valence-electron chi connectivity index (χ1n) is 10.5. The van der Waals surface area contributed by atoms with Crippen molar-refractivity contribution >= 4 is 11.9 Å². The number of aliphatic imine (C=N–C) groups is 1. The van der Waals surface area contributed by atoms with Gasteiger partial charge in [-0.3, -0.25) is 9.79 Å². The number of hydrogen-bond donors (Lipinski definition) is 2. The highest BCUT2D eigenvalue weighted by Gasteiger charge is 2.32. The zero-order valence-electron chi connectivity index (χ0n) is 17.5. The van der Waals surface area contributed by atoms with Crippen LogP contribution in [0, 0.1) is 5.92 Å². The molecule has 1 aliphatic heterocycles. The first kappa shape index (κ1) is 21.4. The molecule has 1 saturated heterocycles. The van der Waals surface area contributed by atoms with E-state index in [1.54, 1.807) is 20.4 Å². The summed E-state index contributed by atoms with van der Waals surface area (Å²) in [5.41, 5.74) is 0.955. The summed E-state index contributed by atoms with van der Waals surface area (Å²) < 4.78 is 10.7. The fourth-order valence-corrected chi connectivity index (χ4v) is 3.99. The van der Waals surface area contributed by atoms with Gasteiger partial charge in [0, 0.05) is 57.5 Å². The van der Waals surface area contributed by atoms with E-state index in [1.165, 1.54) is 12.8 Å². The van der Waals surface area contributed by atoms with Crippen molar-refractivity contribution in [2.24, 2.45) is 10.9 Å². The van der Waals surface area contributed by atoms with Crippen molar-refractivity contribution in [2.75, 3.05) is 40.5 Å². The average molecular weight is 404 g/mol. The lowest BCUT2D eigenvalue weighted by Crippen LogP contribution is -2.45. The lowest BCUT2D eigenvalue weighted by atomic mass is 10.1. The second-order valence-electron chi connectivity index (χ2n) is 7.63. The van der Waals surface area contributed by atoms with E-state index in [9.17, 15) is 4.79 Å². The maximum Gasteiger partial charge on any atom is 0.225 e. The van der Waals surface area contributed by atoms with Gasteiger partial charge in [0.1, 0.15) is 6.61 Å². The fraction of sp³-hybridized carbons (Fsp3) is 0.667. The molecule has 1 aliphatic carbocycles. The Kier molecular flexibility index (Phi) is 8.10. The van der Waals surface area contributed by atoms with Gasteiger partial charge in [-0.1, -0.05) is 18.9 Å². The van der Waals surface area contributed by atoms with Crippen LogP contribution in [0.5, 0.6) is 5.88 Å². The molecular formula is C21H33N5O3. The molecule has 2 heterocycles. The molecule has 2 N–H and O–H groups in total. The number of pyridine rings is 1. The van der Waals surface area contributed by atoms with Crippen LogP contribution < -0.4 is 15.4 Å². The molecule has 2 aliphatic rings. The number of aromatic nitrogens is 1. The van der Waals surface area contributed by atoms with Crippen molar-refractivity contribution in [3.8, 4) is 5.88 Å². The van der Waals surface area contributed by atoms with Crippen molar-refractivity contribution in [3.63, 3.8) is 0 Å². The number of carbonyl (C=O) groups is 1. The van der Waals surface area contributed by atoms with Crippen LogP contribution in [-0.2, 0) is 16.1 Å². The largest absolute Gasteiger partial charge is 0.475 e. The van der Waals surface area contributed by atoms with E-state index in [0.29, 0.717) is 31.5 Å². The summed E-state index contributed by atoms with van der Waals surface area (Å²) in [5, 5.41) is 6.77. The molecule has 0 bridgehead atoms. The number of hydrogen-bond acceptors (Lipinski definition) is 5. The Morgan fingerprint density at radius 3 is 2.90 bits per heavy atom. The van der Waals surface area contributed by atoms with Crippen LogP contribution in [0.15, 0.2) is 23.3 Å². The SMILES string of the molecule is CN=C(NCc1cccnc1OCCOC)NC1CCN(C(=O)C2CCCC2)C1. The minimum Gasteiger partial charge on any atom is -0.475 e. The van der Waals surface area contributed by atoms with Crippen LogP contribution >= 0.6 is 0 Å². The maximum absolute atomic E-state index is 12.6. The predicted molar refractivity (Wildman–Crippen MR) is 112 cm³/mol. The summed E-state index contributed by atoms with van der Waals surface area (Å²) in [5.74, 6) is 1.90. The van der Waals surface area contributed by atoms with Gasteiger partial charge >= 0.3 is 0 Å². The topological polar surface area (TPSA) is 88.1 Å². The van der Waals surface area contributed by atoms with Gasteiger partial charge < -0.3 is 25.0 Å². The maximum atomic E-state index is 12.6. The van der Waals surface area contributed by atoms with Crippen molar-refractivity contribution in [1.29, 1.82) is 0 Å². The number of ether oxygens (including phenoxy) is 2. The molecular weight excluding hydrogens is 370 g/mol. The number of guanidine groups is 1. The Hall–Kier alpha value is -2.35. The second kappa shape index (κ2) is 11.0. The van der Waals surface area contributed by atoms with E-state index in [0.717, 1.165) is 43.9 Å². The normalized spacial score (nSPS) is 20.1. The highest BCUT2D eigenvalue weighted by Crippen LogP contribution is 2.27. The summed E-state index contributed by atoms with van der Waals surface area (Å²) in [4.78, 5) is 23.3. The standard InChI is InChI=1S/C21H33N5O3/c1-22-21(24-14-17-8-5-10-23-19(17)29-13-12-28-2)25-18-9-11-26(15-18)20(27)16-6-3-4-7-16/h5,8,10,16,18H,3-4,6-7,9,11-15H2,1-2H3,(H2,22,24,25). The van der Waals surface area contributed by atoms with E-state index < -0.39 is 0 Å². The number of likely N-dealkylation sites (tertiary alicyclic amines) is 1. The molecule has 0 radical (unpaired) electrons. The molecule has 8 heteroatoms. The molecule has 0 spiro atoms. The van der Waals surface area contributed by atoms with Gasteiger partial charge in [0.25, 0.3) is 0 Å². The predicted octanol–water partition coefficient (Wildman–Crippen LogP) is 1.56. The fourth-order valence-electron chi connectivity index (χ4n) is 3.99. The van der Waals surface area contributed by atoms with E-state index in [1.807, 2.05) is 17.0 Å². The summed E-state index contributed by atoms with van der Waals surface area (Å²) in [6.45, 7) is 3.09. The number of amides is 1. The molecule has 1 atom stereocenters. The Labute approximate surface area is 173 Å². The van der Waals surface area contributed by atoms with Crippen LogP contribution in [0.3, 0.4) is 0 Å². The number of methoxy groups -OCH3 is 1. The lowest BCUT2D eigenvalue weighted by Gasteiger charge is -2.21. The summed E-state index contributed by atoms with van der Waals surface area (Å²) in [6.07, 6.45) is 7.14. The minimum atomic E-state index is 0.220. The van der Waals surface area contributed by atoms with Gasteiger partial charge in [-0.2, -0.15) is 0 Å². The highest BCUT2D eigenvalue weighted by molar-refractivity contribution is 5.81. The third kappa shape index (κ3) is 6.06. The highest BCUT2D eigenvalue weighted by atomic mass is 16.5. The van der Waals surface area contributed by atoms with Crippen LogP contribution in [0.2, 0.25) is 0 Å². The van der Waals surface area contributed by atoms with Crippen LogP contribution in [0.25, 0.3) is 0 Å². The van der Waals surface area contributed by atoms with Gasteiger partial charge in [0.05, 0.1) is 6.61 Å². The molecule has 2 fully saturated rings.